The second kappa shape index (κ2) is 2.49. The van der Waals surface area contributed by atoms with Crippen LogP contribution in [-0.2, 0) is 5.67 Å². The first-order chi connectivity index (χ1) is 5.00. The molecule has 0 aromatic carbocycles. The Balaban J connectivity index is 3.16. The summed E-state index contributed by atoms with van der Waals surface area (Å²) >= 11 is 0. The van der Waals surface area contributed by atoms with Crippen LogP contribution in [-0.4, -0.2) is 4.98 Å². The molecule has 60 valence electrons. The van der Waals surface area contributed by atoms with Crippen LogP contribution < -0.4 is 5.43 Å². The molecule has 0 saturated carbocycles. The number of aromatic amines is 1. The SMILES string of the molecule is CC(C)(F)c1cc(=O)cc[nH]1. The summed E-state index contributed by atoms with van der Waals surface area (Å²) in [4.78, 5) is 13.4. The van der Waals surface area contributed by atoms with Gasteiger partial charge < -0.3 is 4.98 Å². The predicted molar refractivity (Wildman–Crippen MR) is 41.2 cm³/mol. The smallest absolute Gasteiger partial charge is 0.181 e. The van der Waals surface area contributed by atoms with Crippen LogP contribution in [0.25, 0.3) is 0 Å². The summed E-state index contributed by atoms with van der Waals surface area (Å²) in [7, 11) is 0. The molecule has 3 heteroatoms. The summed E-state index contributed by atoms with van der Waals surface area (Å²) < 4.78 is 13.1. The van der Waals surface area contributed by atoms with E-state index in [1.54, 1.807) is 0 Å². The van der Waals surface area contributed by atoms with Crippen molar-refractivity contribution in [3.05, 3.63) is 34.2 Å². The Morgan fingerprint density at radius 3 is 2.55 bits per heavy atom. The van der Waals surface area contributed by atoms with Crippen molar-refractivity contribution in [1.82, 2.24) is 4.98 Å². The zero-order valence-electron chi connectivity index (χ0n) is 6.52. The molecule has 1 N–H and O–H groups in total. The van der Waals surface area contributed by atoms with Crippen molar-refractivity contribution < 1.29 is 4.39 Å². The lowest BCUT2D eigenvalue weighted by molar-refractivity contribution is 0.214. The first-order valence-electron chi connectivity index (χ1n) is 3.38. The first-order valence-corrected chi connectivity index (χ1v) is 3.38. The maximum Gasteiger partial charge on any atom is 0.181 e. The van der Waals surface area contributed by atoms with Gasteiger partial charge in [-0.25, -0.2) is 4.39 Å². The minimum atomic E-state index is -1.47. The predicted octanol–water partition coefficient (Wildman–Crippen LogP) is 1.58. The van der Waals surface area contributed by atoms with E-state index >= 15 is 0 Å². The summed E-state index contributed by atoms with van der Waals surface area (Å²) in [6.07, 6.45) is 1.44. The lowest BCUT2D eigenvalue weighted by Crippen LogP contribution is -2.14. The Bertz CT molecular complexity index is 297. The Hall–Kier alpha value is -1.12. The van der Waals surface area contributed by atoms with Crippen LogP contribution in [0.5, 0.6) is 0 Å². The average Bonchev–Trinajstić information content (AvgIpc) is 1.86. The molecule has 11 heavy (non-hydrogen) atoms. The number of halogens is 1. The monoisotopic (exact) mass is 155 g/mol. The molecule has 1 aromatic heterocycles. The van der Waals surface area contributed by atoms with Crippen LogP contribution in [0.2, 0.25) is 0 Å². The molecule has 0 unspecified atom stereocenters. The van der Waals surface area contributed by atoms with Crippen LogP contribution >= 0.6 is 0 Å². The molecule has 2 nitrogen and oxygen atoms in total. The van der Waals surface area contributed by atoms with Gasteiger partial charge in [-0.1, -0.05) is 0 Å². The fourth-order valence-electron chi connectivity index (χ4n) is 0.789. The number of H-pyrrole nitrogens is 1. The number of rotatable bonds is 1. The molecule has 1 rings (SSSR count). The van der Waals surface area contributed by atoms with Gasteiger partial charge in [0.15, 0.2) is 5.43 Å². The van der Waals surface area contributed by atoms with E-state index in [1.807, 2.05) is 0 Å². The van der Waals surface area contributed by atoms with Crippen molar-refractivity contribution in [1.29, 1.82) is 0 Å². The molecule has 0 saturated heterocycles. The van der Waals surface area contributed by atoms with E-state index in [0.717, 1.165) is 0 Å². The lowest BCUT2D eigenvalue weighted by Gasteiger charge is -2.12. The van der Waals surface area contributed by atoms with E-state index in [1.165, 1.54) is 32.2 Å². The van der Waals surface area contributed by atoms with Gasteiger partial charge in [0.2, 0.25) is 0 Å². The van der Waals surface area contributed by atoms with E-state index in [0.29, 0.717) is 5.69 Å². The molecule has 0 amide bonds. The van der Waals surface area contributed by atoms with Gasteiger partial charge in [-0.3, -0.25) is 4.79 Å². The Kier molecular flexibility index (Phi) is 1.81. The summed E-state index contributed by atoms with van der Waals surface area (Å²) in [5.74, 6) is 0. The van der Waals surface area contributed by atoms with Crippen molar-refractivity contribution in [2.45, 2.75) is 19.5 Å². The molecule has 0 spiro atoms. The zero-order valence-corrected chi connectivity index (χ0v) is 6.52. The molecule has 1 aromatic rings. The highest BCUT2D eigenvalue weighted by molar-refractivity contribution is 5.10. The number of aromatic nitrogens is 1. The second-order valence-corrected chi connectivity index (χ2v) is 2.91. The minimum Gasteiger partial charge on any atom is -0.362 e. The van der Waals surface area contributed by atoms with Crippen molar-refractivity contribution in [3.63, 3.8) is 0 Å². The molecule has 0 radical (unpaired) electrons. The van der Waals surface area contributed by atoms with E-state index in [4.69, 9.17) is 0 Å². The Labute approximate surface area is 64.1 Å². The molecular formula is C8H10FNO. The average molecular weight is 155 g/mol. The highest BCUT2D eigenvalue weighted by Crippen LogP contribution is 2.20. The molecule has 0 fully saturated rings. The standard InChI is InChI=1S/C8H10FNO/c1-8(2,9)7-5-6(11)3-4-10-7/h3-5H,1-2H3,(H,10,11). The van der Waals surface area contributed by atoms with Gasteiger partial charge in [-0.15, -0.1) is 0 Å². The number of pyridine rings is 1. The van der Waals surface area contributed by atoms with Gasteiger partial charge >= 0.3 is 0 Å². The van der Waals surface area contributed by atoms with Crippen molar-refractivity contribution >= 4 is 0 Å². The van der Waals surface area contributed by atoms with Gasteiger partial charge in [0.25, 0.3) is 0 Å². The van der Waals surface area contributed by atoms with Gasteiger partial charge in [0.05, 0.1) is 5.69 Å². The first kappa shape index (κ1) is 7.98. The number of hydrogen-bond donors (Lipinski definition) is 1. The summed E-state index contributed by atoms with van der Waals surface area (Å²) in [5, 5.41) is 0. The van der Waals surface area contributed by atoms with Crippen LogP contribution in [0.4, 0.5) is 4.39 Å². The van der Waals surface area contributed by atoms with Crippen molar-refractivity contribution in [2.75, 3.05) is 0 Å². The molecule has 0 aliphatic heterocycles. The van der Waals surface area contributed by atoms with Crippen LogP contribution in [0.3, 0.4) is 0 Å². The van der Waals surface area contributed by atoms with Gasteiger partial charge in [0, 0.05) is 18.3 Å². The van der Waals surface area contributed by atoms with Gasteiger partial charge in [-0.05, 0) is 13.8 Å². The Morgan fingerprint density at radius 2 is 2.18 bits per heavy atom. The Morgan fingerprint density at radius 1 is 1.55 bits per heavy atom. The van der Waals surface area contributed by atoms with Crippen LogP contribution in [0, 0.1) is 0 Å². The third-order valence-electron chi connectivity index (χ3n) is 1.41. The normalized spacial score (nSPS) is 11.5. The quantitative estimate of drug-likeness (QED) is 0.656. The number of alkyl halides is 1. The summed E-state index contributed by atoms with van der Waals surface area (Å²) in [6.45, 7) is 2.80. The van der Waals surface area contributed by atoms with E-state index in [9.17, 15) is 9.18 Å². The summed E-state index contributed by atoms with van der Waals surface area (Å²) in [5.41, 5.74) is -1.34. The third kappa shape index (κ3) is 1.90. The fourth-order valence-corrected chi connectivity index (χ4v) is 0.789. The third-order valence-corrected chi connectivity index (χ3v) is 1.41. The van der Waals surface area contributed by atoms with E-state index < -0.39 is 5.67 Å². The van der Waals surface area contributed by atoms with Gasteiger partial charge in [0.1, 0.15) is 5.67 Å². The molecule has 0 atom stereocenters. The topological polar surface area (TPSA) is 32.9 Å². The van der Waals surface area contributed by atoms with Crippen molar-refractivity contribution in [2.24, 2.45) is 0 Å². The lowest BCUT2D eigenvalue weighted by atomic mass is 10.1. The maximum atomic E-state index is 13.1. The molecule has 0 aliphatic rings. The zero-order chi connectivity index (χ0) is 8.48. The summed E-state index contributed by atoms with van der Waals surface area (Å²) in [6, 6.07) is 2.62. The van der Waals surface area contributed by atoms with Crippen molar-refractivity contribution in [3.8, 4) is 0 Å². The minimum absolute atomic E-state index is 0.176. The number of hydrogen-bond acceptors (Lipinski definition) is 1. The van der Waals surface area contributed by atoms with Crippen LogP contribution in [0.15, 0.2) is 23.1 Å². The number of nitrogens with one attached hydrogen (secondary N) is 1. The fraction of sp³-hybridized carbons (Fsp3) is 0.375. The highest BCUT2D eigenvalue weighted by atomic mass is 19.1. The molecule has 0 bridgehead atoms. The maximum absolute atomic E-state index is 13.1. The second-order valence-electron chi connectivity index (χ2n) is 2.91. The van der Waals surface area contributed by atoms with Crippen LogP contribution in [0.1, 0.15) is 19.5 Å². The highest BCUT2D eigenvalue weighted by Gasteiger charge is 2.18. The molecule has 0 aliphatic carbocycles. The largest absolute Gasteiger partial charge is 0.362 e. The van der Waals surface area contributed by atoms with E-state index in [2.05, 4.69) is 4.98 Å². The van der Waals surface area contributed by atoms with E-state index in [-0.39, 0.29) is 5.43 Å². The van der Waals surface area contributed by atoms with Gasteiger partial charge in [-0.2, -0.15) is 0 Å². The molecular weight excluding hydrogens is 145 g/mol. The molecule has 1 heterocycles.